The van der Waals surface area contributed by atoms with E-state index >= 15 is 0 Å². The summed E-state index contributed by atoms with van der Waals surface area (Å²) >= 11 is 0. The third-order valence-corrected chi connectivity index (χ3v) is 1.48. The van der Waals surface area contributed by atoms with Crippen LogP contribution in [0.4, 0.5) is 5.69 Å². The van der Waals surface area contributed by atoms with Crippen molar-refractivity contribution < 1.29 is 4.92 Å². The molecule has 0 atom stereocenters. The van der Waals surface area contributed by atoms with Crippen LogP contribution in [0.2, 0.25) is 0 Å². The lowest BCUT2D eigenvalue weighted by atomic mass is 10.2. The van der Waals surface area contributed by atoms with Crippen molar-refractivity contribution in [3.8, 4) is 0 Å². The van der Waals surface area contributed by atoms with Crippen LogP contribution in [0, 0.1) is 17.2 Å². The van der Waals surface area contributed by atoms with Gasteiger partial charge in [-0.3, -0.25) is 10.1 Å². The Bertz CT molecular complexity index is 269. The lowest BCUT2D eigenvalue weighted by Crippen LogP contribution is -2.01. The van der Waals surface area contributed by atoms with Crippen molar-refractivity contribution in [3.05, 3.63) is 47.0 Å². The van der Waals surface area contributed by atoms with Gasteiger partial charge in [-0.15, -0.1) is 0 Å². The van der Waals surface area contributed by atoms with Gasteiger partial charge in [-0.05, 0) is 5.56 Å². The number of non-ortho nitro benzene ring substituents is 1. The normalized spacial score (nSPS) is 9.75. The highest BCUT2D eigenvalue weighted by atomic mass is 16.6. The maximum absolute atomic E-state index is 10.2. The second-order valence-electron chi connectivity index (χ2n) is 2.35. The average molecular weight is 165 g/mol. The fourth-order valence-corrected chi connectivity index (χ4v) is 0.880. The van der Waals surface area contributed by atoms with Crippen molar-refractivity contribution >= 4 is 5.69 Å². The Kier molecular flexibility index (Phi) is 2.76. The van der Waals surface area contributed by atoms with Gasteiger partial charge in [-0.25, -0.2) is 0 Å². The van der Waals surface area contributed by atoms with Gasteiger partial charge in [0.1, 0.15) is 0 Å². The molecule has 0 fully saturated rings. The van der Waals surface area contributed by atoms with E-state index in [0.717, 1.165) is 5.56 Å². The SMILES string of the molecule is [CH2]NCc1ccc([N+](=O)[O-])cc1. The molecule has 0 heterocycles. The van der Waals surface area contributed by atoms with Gasteiger partial charge < -0.3 is 5.32 Å². The smallest absolute Gasteiger partial charge is 0.269 e. The molecule has 4 nitrogen and oxygen atoms in total. The second kappa shape index (κ2) is 3.82. The van der Waals surface area contributed by atoms with Gasteiger partial charge in [-0.2, -0.15) is 0 Å². The zero-order chi connectivity index (χ0) is 8.97. The molecule has 0 amide bonds. The summed E-state index contributed by atoms with van der Waals surface area (Å²) in [5, 5.41) is 13.0. The molecule has 0 spiro atoms. The molecule has 0 saturated carbocycles. The Morgan fingerprint density at radius 2 is 2.00 bits per heavy atom. The third kappa shape index (κ3) is 2.03. The number of hydrogen-bond acceptors (Lipinski definition) is 3. The van der Waals surface area contributed by atoms with E-state index in [-0.39, 0.29) is 5.69 Å². The molecule has 0 aromatic heterocycles. The summed E-state index contributed by atoms with van der Waals surface area (Å²) in [6, 6.07) is 6.37. The fourth-order valence-electron chi connectivity index (χ4n) is 0.880. The van der Waals surface area contributed by atoms with Crippen molar-refractivity contribution in [3.63, 3.8) is 0 Å². The molecule has 63 valence electrons. The van der Waals surface area contributed by atoms with E-state index in [1.54, 1.807) is 12.1 Å². The summed E-state index contributed by atoms with van der Waals surface area (Å²) < 4.78 is 0. The third-order valence-electron chi connectivity index (χ3n) is 1.48. The standard InChI is InChI=1S/C8H9N2O2/c1-9-6-7-2-4-8(5-3-7)10(11)12/h2-5,9H,1,6H2. The number of rotatable bonds is 3. The Balaban J connectivity index is 2.78. The van der Waals surface area contributed by atoms with Gasteiger partial charge in [0.2, 0.25) is 0 Å². The molecule has 1 aromatic rings. The molecule has 1 N–H and O–H groups in total. The maximum Gasteiger partial charge on any atom is 0.269 e. The summed E-state index contributed by atoms with van der Waals surface area (Å²) in [5.74, 6) is 0. The van der Waals surface area contributed by atoms with Gasteiger partial charge in [-0.1, -0.05) is 12.1 Å². The first-order chi connectivity index (χ1) is 5.74. The highest BCUT2D eigenvalue weighted by molar-refractivity contribution is 5.32. The first kappa shape index (κ1) is 8.67. The zero-order valence-electron chi connectivity index (χ0n) is 6.49. The molecule has 0 saturated heterocycles. The van der Waals surface area contributed by atoms with E-state index in [4.69, 9.17) is 0 Å². The molecule has 0 aliphatic heterocycles. The van der Waals surface area contributed by atoms with Crippen LogP contribution in [0.25, 0.3) is 0 Å². The Morgan fingerprint density at radius 1 is 1.42 bits per heavy atom. The zero-order valence-corrected chi connectivity index (χ0v) is 6.49. The highest BCUT2D eigenvalue weighted by Gasteiger charge is 2.02. The van der Waals surface area contributed by atoms with E-state index in [2.05, 4.69) is 12.4 Å². The Morgan fingerprint density at radius 3 is 2.42 bits per heavy atom. The maximum atomic E-state index is 10.2. The Hall–Kier alpha value is -1.42. The summed E-state index contributed by atoms with van der Waals surface area (Å²) in [5.41, 5.74) is 1.10. The first-order valence-electron chi connectivity index (χ1n) is 3.47. The lowest BCUT2D eigenvalue weighted by Gasteiger charge is -1.97. The van der Waals surface area contributed by atoms with E-state index in [1.165, 1.54) is 12.1 Å². The summed E-state index contributed by atoms with van der Waals surface area (Å²) in [6.07, 6.45) is 0. The molecular weight excluding hydrogens is 156 g/mol. The van der Waals surface area contributed by atoms with Crippen LogP contribution in [0.3, 0.4) is 0 Å². The molecule has 0 aliphatic carbocycles. The van der Waals surface area contributed by atoms with Gasteiger partial charge in [0.05, 0.1) is 4.92 Å². The molecule has 12 heavy (non-hydrogen) atoms. The predicted molar refractivity (Wildman–Crippen MR) is 45.3 cm³/mol. The minimum absolute atomic E-state index is 0.114. The van der Waals surface area contributed by atoms with Gasteiger partial charge in [0.15, 0.2) is 0 Å². The molecule has 1 aromatic carbocycles. The topological polar surface area (TPSA) is 55.2 Å². The molecule has 0 aliphatic rings. The van der Waals surface area contributed by atoms with Crippen molar-refractivity contribution in [1.29, 1.82) is 0 Å². The lowest BCUT2D eigenvalue weighted by molar-refractivity contribution is -0.384. The number of nitro benzene ring substituents is 1. The average Bonchev–Trinajstić information content (AvgIpc) is 2.06. The van der Waals surface area contributed by atoms with Crippen molar-refractivity contribution in [2.75, 3.05) is 0 Å². The quantitative estimate of drug-likeness (QED) is 0.545. The summed E-state index contributed by atoms with van der Waals surface area (Å²) in [7, 11) is 3.45. The number of hydrogen-bond donors (Lipinski definition) is 1. The van der Waals surface area contributed by atoms with Crippen LogP contribution in [-0.4, -0.2) is 4.92 Å². The van der Waals surface area contributed by atoms with E-state index in [9.17, 15) is 10.1 Å². The number of benzene rings is 1. The molecule has 4 heteroatoms. The molecule has 1 radical (unpaired) electrons. The van der Waals surface area contributed by atoms with Crippen LogP contribution < -0.4 is 5.32 Å². The second-order valence-corrected chi connectivity index (χ2v) is 2.35. The largest absolute Gasteiger partial charge is 0.311 e. The van der Waals surface area contributed by atoms with Crippen LogP contribution in [0.5, 0.6) is 0 Å². The minimum Gasteiger partial charge on any atom is -0.311 e. The molecular formula is C8H9N2O2. The van der Waals surface area contributed by atoms with Crippen molar-refractivity contribution in [1.82, 2.24) is 5.32 Å². The Labute approximate surface area is 70.4 Å². The van der Waals surface area contributed by atoms with Gasteiger partial charge in [0.25, 0.3) is 5.69 Å². The van der Waals surface area contributed by atoms with Crippen molar-refractivity contribution in [2.24, 2.45) is 0 Å². The van der Waals surface area contributed by atoms with E-state index < -0.39 is 4.92 Å². The molecule has 0 unspecified atom stereocenters. The van der Waals surface area contributed by atoms with Crippen LogP contribution in [-0.2, 0) is 6.54 Å². The number of nitrogens with zero attached hydrogens (tertiary/aromatic N) is 1. The fraction of sp³-hybridized carbons (Fsp3) is 0.125. The van der Waals surface area contributed by atoms with Crippen LogP contribution >= 0.6 is 0 Å². The minimum atomic E-state index is -0.415. The number of nitro groups is 1. The van der Waals surface area contributed by atoms with Crippen LogP contribution in [0.15, 0.2) is 24.3 Å². The summed E-state index contributed by atoms with van der Waals surface area (Å²) in [4.78, 5) is 9.83. The van der Waals surface area contributed by atoms with Crippen LogP contribution in [0.1, 0.15) is 5.56 Å². The van der Waals surface area contributed by atoms with Gasteiger partial charge >= 0.3 is 0 Å². The number of nitrogens with one attached hydrogen (secondary N) is 1. The first-order valence-corrected chi connectivity index (χ1v) is 3.47. The monoisotopic (exact) mass is 165 g/mol. The highest BCUT2D eigenvalue weighted by Crippen LogP contribution is 2.11. The predicted octanol–water partition coefficient (Wildman–Crippen LogP) is 1.48. The van der Waals surface area contributed by atoms with E-state index in [1.807, 2.05) is 0 Å². The molecule has 1 rings (SSSR count). The van der Waals surface area contributed by atoms with Gasteiger partial charge in [0, 0.05) is 25.7 Å². The van der Waals surface area contributed by atoms with E-state index in [0.29, 0.717) is 6.54 Å². The molecule has 0 bridgehead atoms. The summed E-state index contributed by atoms with van der Waals surface area (Å²) in [6.45, 7) is 0.623. The van der Waals surface area contributed by atoms with Crippen molar-refractivity contribution in [2.45, 2.75) is 6.54 Å².